The van der Waals surface area contributed by atoms with E-state index in [2.05, 4.69) is 55.5 Å². The minimum atomic E-state index is 0.0419. The number of hydrogen-bond acceptors (Lipinski definition) is 5. The highest BCUT2D eigenvalue weighted by molar-refractivity contribution is 9.10. The molecule has 1 saturated heterocycles. The van der Waals surface area contributed by atoms with Gasteiger partial charge in [-0.2, -0.15) is 0 Å². The number of anilines is 1. The third-order valence-electron chi connectivity index (χ3n) is 4.35. The molecule has 23 heavy (non-hydrogen) atoms. The van der Waals surface area contributed by atoms with Gasteiger partial charge in [0, 0.05) is 35.7 Å². The summed E-state index contributed by atoms with van der Waals surface area (Å²) in [4.78, 5) is 8.31. The maximum absolute atomic E-state index is 5.58. The lowest BCUT2D eigenvalue weighted by Crippen LogP contribution is -2.40. The highest BCUT2D eigenvalue weighted by Gasteiger charge is 2.34. The van der Waals surface area contributed by atoms with E-state index in [4.69, 9.17) is 9.47 Å². The number of nitrogens with zero attached hydrogens (tertiary/aromatic N) is 2. The molecular weight excluding hydrogens is 358 g/mol. The van der Waals surface area contributed by atoms with E-state index in [1.165, 1.54) is 11.9 Å². The second-order valence-corrected chi connectivity index (χ2v) is 6.62. The predicted octanol–water partition coefficient (Wildman–Crippen LogP) is 3.41. The Bertz CT molecular complexity index is 660. The van der Waals surface area contributed by atoms with Crippen LogP contribution in [0.25, 0.3) is 0 Å². The Kier molecular flexibility index (Phi) is 5.13. The molecule has 0 aliphatic carbocycles. The number of methoxy groups -OCH3 is 1. The molecule has 0 atom stereocenters. The molecule has 122 valence electrons. The molecule has 1 aliphatic heterocycles. The van der Waals surface area contributed by atoms with Crippen LogP contribution in [-0.4, -0.2) is 36.8 Å². The molecule has 1 N–H and O–H groups in total. The monoisotopic (exact) mass is 377 g/mol. The van der Waals surface area contributed by atoms with E-state index in [-0.39, 0.29) is 5.41 Å². The Balaban J connectivity index is 1.82. The van der Waals surface area contributed by atoms with Gasteiger partial charge < -0.3 is 14.8 Å². The minimum absolute atomic E-state index is 0.0419. The van der Waals surface area contributed by atoms with Crippen molar-refractivity contribution in [3.63, 3.8) is 0 Å². The van der Waals surface area contributed by atoms with Crippen molar-refractivity contribution < 1.29 is 9.47 Å². The van der Waals surface area contributed by atoms with Crippen molar-refractivity contribution in [2.24, 2.45) is 0 Å². The number of hydrogen-bond donors (Lipinski definition) is 1. The van der Waals surface area contributed by atoms with Crippen LogP contribution in [0.15, 0.2) is 41.1 Å². The average molecular weight is 378 g/mol. The summed E-state index contributed by atoms with van der Waals surface area (Å²) < 4.78 is 11.8. The summed E-state index contributed by atoms with van der Waals surface area (Å²) in [6.45, 7) is 2.36. The van der Waals surface area contributed by atoms with Gasteiger partial charge in [0.1, 0.15) is 12.1 Å². The van der Waals surface area contributed by atoms with Gasteiger partial charge in [-0.1, -0.05) is 28.1 Å². The van der Waals surface area contributed by atoms with Gasteiger partial charge in [-0.15, -0.1) is 0 Å². The smallest absolute Gasteiger partial charge is 0.218 e. The standard InChI is InChI=1S/C17H20BrN3O2/c1-22-16-10-15(20-12-21-16)19-11-17(5-7-23-8-6-17)13-3-2-4-14(18)9-13/h2-4,9-10,12H,5-8,11H2,1H3,(H,19,20,21). The number of halogens is 1. The van der Waals surface area contributed by atoms with Crippen molar-refractivity contribution in [2.45, 2.75) is 18.3 Å². The highest BCUT2D eigenvalue weighted by Crippen LogP contribution is 2.36. The van der Waals surface area contributed by atoms with Gasteiger partial charge in [0.25, 0.3) is 0 Å². The van der Waals surface area contributed by atoms with Crippen molar-refractivity contribution in [3.8, 4) is 5.88 Å². The molecule has 0 amide bonds. The molecule has 0 radical (unpaired) electrons. The van der Waals surface area contributed by atoms with Crippen molar-refractivity contribution in [2.75, 3.05) is 32.2 Å². The average Bonchev–Trinajstić information content (AvgIpc) is 2.61. The molecule has 1 aromatic carbocycles. The number of nitrogens with one attached hydrogen (secondary N) is 1. The molecule has 0 unspecified atom stereocenters. The van der Waals surface area contributed by atoms with Crippen molar-refractivity contribution in [1.29, 1.82) is 0 Å². The van der Waals surface area contributed by atoms with Gasteiger partial charge >= 0.3 is 0 Å². The summed E-state index contributed by atoms with van der Waals surface area (Å²) in [6, 6.07) is 10.4. The van der Waals surface area contributed by atoms with Gasteiger partial charge in [0.05, 0.1) is 7.11 Å². The van der Waals surface area contributed by atoms with Crippen LogP contribution < -0.4 is 10.1 Å². The molecule has 2 heterocycles. The molecule has 3 rings (SSSR count). The molecule has 6 heteroatoms. The Morgan fingerprint density at radius 3 is 2.83 bits per heavy atom. The van der Waals surface area contributed by atoms with E-state index in [0.29, 0.717) is 5.88 Å². The zero-order valence-electron chi connectivity index (χ0n) is 13.1. The number of rotatable bonds is 5. The molecular formula is C17H20BrN3O2. The summed E-state index contributed by atoms with van der Waals surface area (Å²) in [5.41, 5.74) is 1.36. The largest absolute Gasteiger partial charge is 0.481 e. The number of benzene rings is 1. The first-order valence-corrected chi connectivity index (χ1v) is 8.45. The lowest BCUT2D eigenvalue weighted by Gasteiger charge is -2.38. The molecule has 5 nitrogen and oxygen atoms in total. The minimum Gasteiger partial charge on any atom is -0.481 e. The van der Waals surface area contributed by atoms with Gasteiger partial charge in [-0.05, 0) is 30.5 Å². The van der Waals surface area contributed by atoms with Crippen LogP contribution in [0.5, 0.6) is 5.88 Å². The maximum Gasteiger partial charge on any atom is 0.218 e. The van der Waals surface area contributed by atoms with Crippen molar-refractivity contribution in [1.82, 2.24) is 9.97 Å². The summed E-state index contributed by atoms with van der Waals surface area (Å²) in [5, 5.41) is 3.45. The van der Waals surface area contributed by atoms with Crippen molar-refractivity contribution >= 4 is 21.7 Å². The zero-order valence-corrected chi connectivity index (χ0v) is 14.7. The molecule has 1 fully saturated rings. The van der Waals surface area contributed by atoms with Crippen LogP contribution in [0.2, 0.25) is 0 Å². The van der Waals surface area contributed by atoms with Gasteiger partial charge in [-0.25, -0.2) is 9.97 Å². The molecule has 1 aromatic heterocycles. The van der Waals surface area contributed by atoms with E-state index in [9.17, 15) is 0 Å². The molecule has 0 bridgehead atoms. The first-order valence-electron chi connectivity index (χ1n) is 7.66. The highest BCUT2D eigenvalue weighted by atomic mass is 79.9. The van der Waals surface area contributed by atoms with Gasteiger partial charge in [-0.3, -0.25) is 0 Å². The second-order valence-electron chi connectivity index (χ2n) is 5.70. The number of aromatic nitrogens is 2. The molecule has 0 saturated carbocycles. The first kappa shape index (κ1) is 16.2. The fourth-order valence-corrected chi connectivity index (χ4v) is 3.35. The van der Waals surface area contributed by atoms with E-state index >= 15 is 0 Å². The van der Waals surface area contributed by atoms with Crippen LogP contribution in [0, 0.1) is 0 Å². The van der Waals surface area contributed by atoms with Gasteiger partial charge in [0.2, 0.25) is 5.88 Å². The maximum atomic E-state index is 5.58. The summed E-state index contributed by atoms with van der Waals surface area (Å²) in [6.07, 6.45) is 3.48. The van der Waals surface area contributed by atoms with E-state index in [0.717, 1.165) is 42.9 Å². The normalized spacial score (nSPS) is 16.8. The Hall–Kier alpha value is -1.66. The summed E-state index contributed by atoms with van der Waals surface area (Å²) in [5.74, 6) is 1.34. The van der Waals surface area contributed by atoms with Crippen LogP contribution >= 0.6 is 15.9 Å². The van der Waals surface area contributed by atoms with Crippen molar-refractivity contribution in [3.05, 3.63) is 46.7 Å². The lowest BCUT2D eigenvalue weighted by molar-refractivity contribution is 0.0543. The third-order valence-corrected chi connectivity index (χ3v) is 4.84. The van der Waals surface area contributed by atoms with E-state index < -0.39 is 0 Å². The Labute approximate surface area is 144 Å². The Morgan fingerprint density at radius 1 is 1.26 bits per heavy atom. The fourth-order valence-electron chi connectivity index (χ4n) is 2.96. The summed E-state index contributed by atoms with van der Waals surface area (Å²) in [7, 11) is 1.60. The molecule has 2 aromatic rings. The van der Waals surface area contributed by atoms with Crippen LogP contribution in [-0.2, 0) is 10.2 Å². The SMILES string of the molecule is COc1cc(NCC2(c3cccc(Br)c3)CCOCC2)ncn1. The summed E-state index contributed by atoms with van der Waals surface area (Å²) >= 11 is 3.58. The van der Waals surface area contributed by atoms with E-state index in [1.54, 1.807) is 7.11 Å². The van der Waals surface area contributed by atoms with Crippen LogP contribution in [0.1, 0.15) is 18.4 Å². The Morgan fingerprint density at radius 2 is 2.09 bits per heavy atom. The zero-order chi connectivity index (χ0) is 16.1. The van der Waals surface area contributed by atoms with Crippen LogP contribution in [0.3, 0.4) is 0 Å². The fraction of sp³-hybridized carbons (Fsp3) is 0.412. The topological polar surface area (TPSA) is 56.3 Å². The predicted molar refractivity (Wildman–Crippen MR) is 92.9 cm³/mol. The van der Waals surface area contributed by atoms with Crippen LogP contribution in [0.4, 0.5) is 5.82 Å². The third kappa shape index (κ3) is 3.82. The van der Waals surface area contributed by atoms with E-state index in [1.807, 2.05) is 6.07 Å². The quantitative estimate of drug-likeness (QED) is 0.864. The second kappa shape index (κ2) is 7.27. The molecule has 0 spiro atoms. The first-order chi connectivity index (χ1) is 11.2. The van der Waals surface area contributed by atoms with Gasteiger partial charge in [0.15, 0.2) is 0 Å². The lowest BCUT2D eigenvalue weighted by atomic mass is 9.74. The molecule has 1 aliphatic rings. The number of ether oxygens (including phenoxy) is 2.